The maximum Gasteiger partial charge on any atom is 0.184 e. The fourth-order valence-corrected chi connectivity index (χ4v) is 4.04. The third kappa shape index (κ3) is 3.61. The van der Waals surface area contributed by atoms with Gasteiger partial charge < -0.3 is 10.5 Å². The summed E-state index contributed by atoms with van der Waals surface area (Å²) >= 11 is 11.8. The molecule has 2 N–H and O–H groups in total. The lowest BCUT2D eigenvalue weighted by Gasteiger charge is -2.09. The number of nitrogens with two attached hydrogens (primary N) is 1. The van der Waals surface area contributed by atoms with Crippen molar-refractivity contribution in [1.29, 1.82) is 0 Å². The Morgan fingerprint density at radius 2 is 1.86 bits per heavy atom. The number of ether oxygens (including phenoxy) is 1. The van der Waals surface area contributed by atoms with Crippen LogP contribution in [0.25, 0.3) is 0 Å². The lowest BCUT2D eigenvalue weighted by molar-refractivity contribution is 0.417. The number of hydrogen-bond donors (Lipinski definition) is 1. The van der Waals surface area contributed by atoms with Crippen molar-refractivity contribution in [1.82, 2.24) is 0 Å². The Hall–Kier alpha value is -1.43. The van der Waals surface area contributed by atoms with Crippen LogP contribution < -0.4 is 10.5 Å². The summed E-state index contributed by atoms with van der Waals surface area (Å²) in [6.45, 7) is 0. The number of rotatable bonds is 4. The molecule has 0 bridgehead atoms. The Bertz CT molecular complexity index is 776. The highest BCUT2D eigenvalue weighted by molar-refractivity contribution is 7.90. The lowest BCUT2D eigenvalue weighted by atomic mass is 10.2. The van der Waals surface area contributed by atoms with Crippen molar-refractivity contribution in [2.45, 2.75) is 10.6 Å². The molecule has 2 aromatic carbocycles. The SMILES string of the molecule is COc1ccc(CS(=O)(=O)c2cc(Cl)ccc2Cl)cc1N. The molecule has 2 aromatic rings. The van der Waals surface area contributed by atoms with Gasteiger partial charge in [0, 0.05) is 5.02 Å². The third-order valence-corrected chi connectivity index (χ3v) is 5.28. The minimum Gasteiger partial charge on any atom is -0.495 e. The molecule has 7 heteroatoms. The second kappa shape index (κ2) is 6.13. The van der Waals surface area contributed by atoms with E-state index in [1.54, 1.807) is 18.2 Å². The molecule has 2 rings (SSSR count). The predicted octanol–water partition coefficient (Wildman–Crippen LogP) is 3.56. The van der Waals surface area contributed by atoms with Gasteiger partial charge in [-0.3, -0.25) is 0 Å². The summed E-state index contributed by atoms with van der Waals surface area (Å²) in [5.74, 6) is 0.276. The zero-order valence-electron chi connectivity index (χ0n) is 11.1. The second-order valence-corrected chi connectivity index (χ2v) is 7.21. The summed E-state index contributed by atoms with van der Waals surface area (Å²) in [6.07, 6.45) is 0. The molecule has 0 atom stereocenters. The second-order valence-electron chi connectivity index (χ2n) is 4.41. The number of methoxy groups -OCH3 is 1. The van der Waals surface area contributed by atoms with Crippen LogP contribution in [0.1, 0.15) is 5.56 Å². The zero-order valence-corrected chi connectivity index (χ0v) is 13.5. The van der Waals surface area contributed by atoms with Crippen molar-refractivity contribution in [3.05, 3.63) is 52.0 Å². The highest BCUT2D eigenvalue weighted by Crippen LogP contribution is 2.29. The van der Waals surface area contributed by atoms with Crippen LogP contribution in [0, 0.1) is 0 Å². The van der Waals surface area contributed by atoms with Gasteiger partial charge in [-0.2, -0.15) is 0 Å². The highest BCUT2D eigenvalue weighted by Gasteiger charge is 2.19. The summed E-state index contributed by atoms with van der Waals surface area (Å²) in [5, 5.41) is 0.452. The molecule has 21 heavy (non-hydrogen) atoms. The van der Waals surface area contributed by atoms with Crippen LogP contribution in [0.2, 0.25) is 10.0 Å². The zero-order chi connectivity index (χ0) is 15.6. The Morgan fingerprint density at radius 3 is 2.48 bits per heavy atom. The van der Waals surface area contributed by atoms with Crippen molar-refractivity contribution in [2.75, 3.05) is 12.8 Å². The molecule has 0 saturated carbocycles. The van der Waals surface area contributed by atoms with Crippen LogP contribution in [-0.2, 0) is 15.6 Å². The number of benzene rings is 2. The van der Waals surface area contributed by atoms with Gasteiger partial charge in [-0.15, -0.1) is 0 Å². The normalized spacial score (nSPS) is 11.4. The fraction of sp³-hybridized carbons (Fsp3) is 0.143. The average molecular weight is 346 g/mol. The Labute approximate surface area is 133 Å². The highest BCUT2D eigenvalue weighted by atomic mass is 35.5. The van der Waals surface area contributed by atoms with Crippen LogP contribution in [0.15, 0.2) is 41.3 Å². The molecular weight excluding hydrogens is 333 g/mol. The first-order valence-electron chi connectivity index (χ1n) is 5.93. The van der Waals surface area contributed by atoms with Crippen LogP contribution in [0.3, 0.4) is 0 Å². The standard InChI is InChI=1S/C14H13Cl2NO3S/c1-20-13-5-2-9(6-12(13)17)8-21(18,19)14-7-10(15)3-4-11(14)16/h2-7H,8,17H2,1H3. The van der Waals surface area contributed by atoms with Gasteiger partial charge in [0.25, 0.3) is 0 Å². The van der Waals surface area contributed by atoms with E-state index in [-0.39, 0.29) is 15.7 Å². The summed E-state index contributed by atoms with van der Waals surface area (Å²) in [6, 6.07) is 9.17. The van der Waals surface area contributed by atoms with E-state index in [2.05, 4.69) is 0 Å². The van der Waals surface area contributed by atoms with E-state index >= 15 is 0 Å². The number of sulfone groups is 1. The van der Waals surface area contributed by atoms with E-state index in [1.807, 2.05) is 0 Å². The minimum atomic E-state index is -3.62. The van der Waals surface area contributed by atoms with E-state index in [1.165, 1.54) is 25.3 Å². The summed E-state index contributed by atoms with van der Waals surface area (Å²) in [5.41, 5.74) is 6.70. The van der Waals surface area contributed by atoms with Gasteiger partial charge in [-0.05, 0) is 35.9 Å². The molecule has 0 aliphatic rings. The van der Waals surface area contributed by atoms with Crippen molar-refractivity contribution >= 4 is 38.7 Å². The molecular formula is C14H13Cl2NO3S. The van der Waals surface area contributed by atoms with Gasteiger partial charge in [-0.25, -0.2) is 8.42 Å². The molecule has 0 spiro atoms. The van der Waals surface area contributed by atoms with Crippen LogP contribution in [0.5, 0.6) is 5.75 Å². The van der Waals surface area contributed by atoms with Gasteiger partial charge in [0.1, 0.15) is 5.75 Å². The number of hydrogen-bond acceptors (Lipinski definition) is 4. The first kappa shape index (κ1) is 15.9. The quantitative estimate of drug-likeness (QED) is 0.860. The fourth-order valence-electron chi connectivity index (χ4n) is 1.89. The smallest absolute Gasteiger partial charge is 0.184 e. The largest absolute Gasteiger partial charge is 0.495 e. The maximum atomic E-state index is 12.4. The van der Waals surface area contributed by atoms with Crippen molar-refractivity contribution in [3.63, 3.8) is 0 Å². The van der Waals surface area contributed by atoms with E-state index in [9.17, 15) is 8.42 Å². The molecule has 4 nitrogen and oxygen atoms in total. The molecule has 0 radical (unpaired) electrons. The van der Waals surface area contributed by atoms with Crippen LogP contribution in [-0.4, -0.2) is 15.5 Å². The monoisotopic (exact) mass is 345 g/mol. The number of halogens is 2. The minimum absolute atomic E-state index is 0.00561. The van der Waals surface area contributed by atoms with Gasteiger partial charge in [0.2, 0.25) is 0 Å². The van der Waals surface area contributed by atoms with Crippen molar-refractivity contribution in [2.24, 2.45) is 0 Å². The first-order chi connectivity index (χ1) is 9.83. The lowest BCUT2D eigenvalue weighted by Crippen LogP contribution is -2.06. The summed E-state index contributed by atoms with van der Waals surface area (Å²) in [7, 11) is -2.12. The van der Waals surface area contributed by atoms with Gasteiger partial charge in [0.05, 0.1) is 28.5 Å². The molecule has 0 aliphatic carbocycles. The molecule has 0 aromatic heterocycles. The summed E-state index contributed by atoms with van der Waals surface area (Å²) < 4.78 is 29.9. The first-order valence-corrected chi connectivity index (χ1v) is 8.34. The van der Waals surface area contributed by atoms with E-state index in [4.69, 9.17) is 33.7 Å². The van der Waals surface area contributed by atoms with Crippen molar-refractivity contribution in [3.8, 4) is 5.75 Å². The van der Waals surface area contributed by atoms with Gasteiger partial charge >= 0.3 is 0 Å². The predicted molar refractivity (Wildman–Crippen MR) is 84.8 cm³/mol. The molecule has 0 aliphatic heterocycles. The van der Waals surface area contributed by atoms with E-state index in [0.29, 0.717) is 22.0 Å². The summed E-state index contributed by atoms with van der Waals surface area (Å²) in [4.78, 5) is 0.00561. The Kier molecular flexibility index (Phi) is 4.66. The molecule has 0 fully saturated rings. The molecule has 0 heterocycles. The van der Waals surface area contributed by atoms with Crippen LogP contribution >= 0.6 is 23.2 Å². The van der Waals surface area contributed by atoms with E-state index in [0.717, 1.165) is 0 Å². The Morgan fingerprint density at radius 1 is 1.14 bits per heavy atom. The van der Waals surface area contributed by atoms with Crippen molar-refractivity contribution < 1.29 is 13.2 Å². The third-order valence-electron chi connectivity index (χ3n) is 2.88. The number of anilines is 1. The molecule has 0 saturated heterocycles. The molecule has 0 unspecified atom stereocenters. The van der Waals surface area contributed by atoms with Gasteiger partial charge in [0.15, 0.2) is 9.84 Å². The molecule has 0 amide bonds. The van der Waals surface area contributed by atoms with Gasteiger partial charge in [-0.1, -0.05) is 29.3 Å². The maximum absolute atomic E-state index is 12.4. The van der Waals surface area contributed by atoms with Crippen LogP contribution in [0.4, 0.5) is 5.69 Å². The van der Waals surface area contributed by atoms with E-state index < -0.39 is 9.84 Å². The number of nitrogen functional groups attached to an aromatic ring is 1. The average Bonchev–Trinajstić information content (AvgIpc) is 2.41. The topological polar surface area (TPSA) is 69.4 Å². The Balaban J connectivity index is 2.37. The molecule has 112 valence electrons.